The monoisotopic (exact) mass is 694 g/mol. The van der Waals surface area contributed by atoms with Crippen molar-refractivity contribution in [2.45, 2.75) is 6.92 Å². The molecule has 0 fully saturated rings. The molecule has 5 aromatic carbocycles. The van der Waals surface area contributed by atoms with E-state index in [1.54, 1.807) is 0 Å². The van der Waals surface area contributed by atoms with E-state index >= 15 is 0 Å². The molecule has 7 rings (SSSR count). The van der Waals surface area contributed by atoms with E-state index < -0.39 is 0 Å². The molecule has 195 valence electrons. The molecule has 0 N–H and O–H groups in total. The van der Waals surface area contributed by atoms with Crippen LogP contribution in [0.3, 0.4) is 0 Å². The summed E-state index contributed by atoms with van der Waals surface area (Å²) in [5, 5.41) is 0. The van der Waals surface area contributed by atoms with Gasteiger partial charge in [0.05, 0.1) is 17.3 Å². The van der Waals surface area contributed by atoms with Gasteiger partial charge in [0, 0.05) is 54.8 Å². The fourth-order valence-corrected chi connectivity index (χ4v) is 5.36. The number of fused-ring (bicyclic) bond motifs is 1. The molecule has 2 aromatic heterocycles. The molecule has 0 aliphatic rings. The van der Waals surface area contributed by atoms with Crippen molar-refractivity contribution >= 4 is 11.0 Å². The minimum atomic E-state index is 0. The van der Waals surface area contributed by atoms with E-state index in [0.29, 0.717) is 0 Å². The van der Waals surface area contributed by atoms with Crippen LogP contribution < -0.4 is 0 Å². The van der Waals surface area contributed by atoms with Crippen LogP contribution in [0, 0.1) is 13.0 Å². The number of imidazole rings is 2. The number of hydrogen-bond donors (Lipinski definition) is 0. The molecule has 0 amide bonds. The third-order valence-electron chi connectivity index (χ3n) is 7.10. The molecular formula is C35H25IrN4-. The Balaban J connectivity index is 0.00000289. The number of aryl methyl sites for hydroxylation is 1. The van der Waals surface area contributed by atoms with E-state index in [1.165, 1.54) is 0 Å². The van der Waals surface area contributed by atoms with E-state index in [9.17, 15) is 0 Å². The predicted molar refractivity (Wildman–Crippen MR) is 158 cm³/mol. The van der Waals surface area contributed by atoms with E-state index in [1.807, 2.05) is 31.5 Å². The average molecular weight is 694 g/mol. The third kappa shape index (κ3) is 4.50. The summed E-state index contributed by atoms with van der Waals surface area (Å²) in [4.78, 5) is 9.66. The molecule has 5 heteroatoms. The first kappa shape index (κ1) is 25.7. The van der Waals surface area contributed by atoms with Crippen molar-refractivity contribution in [3.05, 3.63) is 146 Å². The Morgan fingerprint density at radius 3 is 1.93 bits per heavy atom. The Morgan fingerprint density at radius 2 is 1.30 bits per heavy atom. The van der Waals surface area contributed by atoms with Crippen LogP contribution in [0.5, 0.6) is 0 Å². The maximum absolute atomic E-state index is 4.85. The van der Waals surface area contributed by atoms with Gasteiger partial charge in [-0.1, -0.05) is 97.1 Å². The summed E-state index contributed by atoms with van der Waals surface area (Å²) in [7, 11) is 0. The number of para-hydroxylation sites is 2. The summed E-state index contributed by atoms with van der Waals surface area (Å²) < 4.78 is 4.38. The Bertz CT molecular complexity index is 1850. The van der Waals surface area contributed by atoms with Crippen LogP contribution in [-0.2, 0) is 20.1 Å². The molecule has 40 heavy (non-hydrogen) atoms. The first-order chi connectivity index (χ1) is 19.3. The minimum absolute atomic E-state index is 0. The Morgan fingerprint density at radius 1 is 0.700 bits per heavy atom. The average Bonchev–Trinajstić information content (AvgIpc) is 3.61. The van der Waals surface area contributed by atoms with Crippen molar-refractivity contribution in [2.24, 2.45) is 0 Å². The van der Waals surface area contributed by atoms with Gasteiger partial charge in [-0.05, 0) is 35.7 Å². The molecule has 0 saturated carbocycles. The van der Waals surface area contributed by atoms with Crippen LogP contribution in [0.25, 0.3) is 56.0 Å². The second-order valence-electron chi connectivity index (χ2n) is 9.50. The maximum atomic E-state index is 4.85. The quantitative estimate of drug-likeness (QED) is 0.170. The fourth-order valence-electron chi connectivity index (χ4n) is 5.36. The molecule has 4 nitrogen and oxygen atoms in total. The SMILES string of the molecule is Cc1nc2c[c-]c(-c3nccn3-c3c(-c4ccccc4)cccc3-c3ccccc3)cc2n1-c1ccccc1.[Ir]. The van der Waals surface area contributed by atoms with Crippen LogP contribution in [0.4, 0.5) is 0 Å². The molecular weight excluding hydrogens is 669 g/mol. The summed E-state index contributed by atoms with van der Waals surface area (Å²) in [6.07, 6.45) is 3.91. The fraction of sp³-hybridized carbons (Fsp3) is 0.0286. The number of aromatic nitrogens is 4. The maximum Gasteiger partial charge on any atom is 0.0990 e. The van der Waals surface area contributed by atoms with Crippen LogP contribution in [0.15, 0.2) is 134 Å². The van der Waals surface area contributed by atoms with E-state index in [4.69, 9.17) is 9.97 Å². The van der Waals surface area contributed by atoms with Gasteiger partial charge in [-0.25, -0.2) is 0 Å². The molecule has 2 heterocycles. The summed E-state index contributed by atoms with van der Waals surface area (Å²) in [5.74, 6) is 1.77. The van der Waals surface area contributed by atoms with Gasteiger partial charge in [0.1, 0.15) is 0 Å². The van der Waals surface area contributed by atoms with Crippen molar-refractivity contribution < 1.29 is 20.1 Å². The largest absolute Gasteiger partial charge is 0.339 e. The second-order valence-corrected chi connectivity index (χ2v) is 9.50. The van der Waals surface area contributed by atoms with Crippen molar-refractivity contribution in [1.82, 2.24) is 19.1 Å². The Hall–Kier alpha value is -4.57. The summed E-state index contributed by atoms with van der Waals surface area (Å²) >= 11 is 0. The molecule has 0 unspecified atom stereocenters. The number of benzene rings is 5. The van der Waals surface area contributed by atoms with Gasteiger partial charge in [0.15, 0.2) is 0 Å². The van der Waals surface area contributed by atoms with Crippen LogP contribution in [-0.4, -0.2) is 19.1 Å². The van der Waals surface area contributed by atoms with Crippen molar-refractivity contribution in [3.8, 4) is 45.0 Å². The van der Waals surface area contributed by atoms with Crippen molar-refractivity contribution in [2.75, 3.05) is 0 Å². The van der Waals surface area contributed by atoms with Crippen LogP contribution in [0.2, 0.25) is 0 Å². The topological polar surface area (TPSA) is 35.6 Å². The van der Waals surface area contributed by atoms with Gasteiger partial charge in [0.25, 0.3) is 0 Å². The Labute approximate surface area is 247 Å². The van der Waals surface area contributed by atoms with Gasteiger partial charge in [-0.2, -0.15) is 0 Å². The predicted octanol–water partition coefficient (Wildman–Crippen LogP) is 8.32. The van der Waals surface area contributed by atoms with Crippen LogP contribution in [0.1, 0.15) is 5.82 Å². The first-order valence-electron chi connectivity index (χ1n) is 13.0. The third-order valence-corrected chi connectivity index (χ3v) is 7.10. The molecule has 0 bridgehead atoms. The number of rotatable bonds is 5. The van der Waals surface area contributed by atoms with Crippen molar-refractivity contribution in [1.29, 1.82) is 0 Å². The normalized spacial score (nSPS) is 10.9. The van der Waals surface area contributed by atoms with Gasteiger partial charge in [0.2, 0.25) is 0 Å². The standard InChI is InChI=1S/C35H25N4.Ir/c1-25-37-32-21-20-28(24-33(32)39(25)29-16-9-4-10-17-29)35-36-22-23-38(35)34-30(26-12-5-2-6-13-26)18-11-19-31(34)27-14-7-3-8-15-27;/h2-19,21-24H,1H3;/q-1;. The zero-order valence-corrected chi connectivity index (χ0v) is 24.2. The molecule has 0 aliphatic heterocycles. The summed E-state index contributed by atoms with van der Waals surface area (Å²) in [6.45, 7) is 2.04. The number of nitrogens with zero attached hydrogens (tertiary/aromatic N) is 4. The second kappa shape index (κ2) is 10.9. The van der Waals surface area contributed by atoms with Crippen molar-refractivity contribution in [3.63, 3.8) is 0 Å². The zero-order chi connectivity index (χ0) is 26.2. The van der Waals surface area contributed by atoms with Gasteiger partial charge in [-0.15, -0.1) is 23.8 Å². The first-order valence-corrected chi connectivity index (χ1v) is 13.0. The summed E-state index contributed by atoms with van der Waals surface area (Å²) in [5.41, 5.74) is 9.61. The van der Waals surface area contributed by atoms with Gasteiger partial charge < -0.3 is 9.13 Å². The smallest absolute Gasteiger partial charge is 0.0990 e. The molecule has 0 saturated heterocycles. The summed E-state index contributed by atoms with van der Waals surface area (Å²) in [6, 6.07) is 45.5. The molecule has 7 aromatic rings. The molecule has 0 aliphatic carbocycles. The van der Waals surface area contributed by atoms with Gasteiger partial charge in [-0.3, -0.25) is 9.97 Å². The minimum Gasteiger partial charge on any atom is -0.339 e. The van der Waals surface area contributed by atoms with Crippen LogP contribution >= 0.6 is 0 Å². The van der Waals surface area contributed by atoms with E-state index in [-0.39, 0.29) is 20.1 Å². The molecule has 0 atom stereocenters. The molecule has 1 radical (unpaired) electrons. The zero-order valence-electron chi connectivity index (χ0n) is 21.8. The van der Waals surface area contributed by atoms with Gasteiger partial charge >= 0.3 is 0 Å². The van der Waals surface area contributed by atoms with E-state index in [2.05, 4.69) is 124 Å². The Kier molecular flexibility index (Phi) is 7.00. The number of hydrogen-bond acceptors (Lipinski definition) is 2. The van der Waals surface area contributed by atoms with E-state index in [0.717, 1.165) is 61.9 Å². The molecule has 0 spiro atoms.